The summed E-state index contributed by atoms with van der Waals surface area (Å²) in [5.41, 5.74) is 3.23. The molecule has 0 saturated heterocycles. The third-order valence-corrected chi connectivity index (χ3v) is 2.77. The van der Waals surface area contributed by atoms with Crippen LogP contribution in [-0.4, -0.2) is 15.5 Å². The molecule has 0 atom stereocenters. The molecule has 0 aliphatic carbocycles. The molecule has 0 aliphatic heterocycles. The van der Waals surface area contributed by atoms with Gasteiger partial charge in [0.1, 0.15) is 5.82 Å². The Morgan fingerprint density at radius 1 is 1.00 bits per heavy atom. The molecule has 2 N–H and O–H groups in total. The minimum absolute atomic E-state index is 0.0591. The first kappa shape index (κ1) is 14.3. The lowest BCUT2D eigenvalue weighted by atomic mass is 10.1. The Morgan fingerprint density at radius 3 is 2.25 bits per heavy atom. The highest BCUT2D eigenvalue weighted by molar-refractivity contribution is 5.60. The third-order valence-electron chi connectivity index (χ3n) is 2.77. The van der Waals surface area contributed by atoms with E-state index in [4.69, 9.17) is 0 Å². The van der Waals surface area contributed by atoms with E-state index >= 15 is 0 Å². The summed E-state index contributed by atoms with van der Waals surface area (Å²) in [5, 5.41) is 6.62. The monoisotopic (exact) mass is 270 g/mol. The minimum Gasteiger partial charge on any atom is -0.350 e. The average molecular weight is 270 g/mol. The highest BCUT2D eigenvalue weighted by Crippen LogP contribution is 2.20. The lowest BCUT2D eigenvalue weighted by Crippen LogP contribution is -2.27. The number of aromatic nitrogens is 2. The number of anilines is 3. The van der Waals surface area contributed by atoms with Gasteiger partial charge in [-0.2, -0.15) is 4.98 Å². The molecule has 2 rings (SSSR count). The van der Waals surface area contributed by atoms with E-state index in [2.05, 4.69) is 60.4 Å². The maximum atomic E-state index is 4.54. The molecule has 0 fully saturated rings. The van der Waals surface area contributed by atoms with Crippen LogP contribution in [0.3, 0.4) is 0 Å². The summed E-state index contributed by atoms with van der Waals surface area (Å²) < 4.78 is 0. The second kappa shape index (κ2) is 5.49. The lowest BCUT2D eigenvalue weighted by molar-refractivity contribution is 0.626. The molecule has 1 heterocycles. The van der Waals surface area contributed by atoms with Crippen molar-refractivity contribution in [2.45, 2.75) is 40.2 Å². The lowest BCUT2D eigenvalue weighted by Gasteiger charge is -2.21. The molecular weight excluding hydrogens is 248 g/mol. The van der Waals surface area contributed by atoms with E-state index in [0.717, 1.165) is 17.1 Å². The Morgan fingerprint density at radius 2 is 1.65 bits per heavy atom. The highest BCUT2D eigenvalue weighted by atomic mass is 15.2. The number of benzene rings is 1. The molecule has 4 heteroatoms. The maximum absolute atomic E-state index is 4.54. The molecule has 2 aromatic rings. The topological polar surface area (TPSA) is 49.8 Å². The quantitative estimate of drug-likeness (QED) is 0.883. The van der Waals surface area contributed by atoms with Crippen molar-refractivity contribution in [2.24, 2.45) is 0 Å². The van der Waals surface area contributed by atoms with E-state index in [1.54, 1.807) is 0 Å². The molecule has 0 saturated carbocycles. The first-order valence-electron chi connectivity index (χ1n) is 6.79. The van der Waals surface area contributed by atoms with E-state index in [9.17, 15) is 0 Å². The molecule has 0 amide bonds. The summed E-state index contributed by atoms with van der Waals surface area (Å²) in [5.74, 6) is 1.47. The molecular formula is C16H22N4. The van der Waals surface area contributed by atoms with Crippen molar-refractivity contribution >= 4 is 17.5 Å². The van der Waals surface area contributed by atoms with Crippen molar-refractivity contribution in [2.75, 3.05) is 10.6 Å². The van der Waals surface area contributed by atoms with Crippen molar-refractivity contribution < 1.29 is 0 Å². The van der Waals surface area contributed by atoms with Crippen LogP contribution >= 0.6 is 0 Å². The van der Waals surface area contributed by atoms with Crippen LogP contribution in [0, 0.1) is 13.8 Å². The van der Waals surface area contributed by atoms with Gasteiger partial charge in [-0.15, -0.1) is 0 Å². The van der Waals surface area contributed by atoms with E-state index in [0.29, 0.717) is 5.95 Å². The van der Waals surface area contributed by atoms with Gasteiger partial charge >= 0.3 is 0 Å². The van der Waals surface area contributed by atoms with Gasteiger partial charge in [0.2, 0.25) is 5.95 Å². The maximum Gasteiger partial charge on any atom is 0.225 e. The minimum atomic E-state index is -0.0591. The van der Waals surface area contributed by atoms with Crippen molar-refractivity contribution in [3.8, 4) is 0 Å². The normalized spacial score (nSPS) is 11.2. The van der Waals surface area contributed by atoms with Crippen LogP contribution in [0.2, 0.25) is 0 Å². The molecule has 0 aliphatic rings. The van der Waals surface area contributed by atoms with Gasteiger partial charge in [-0.05, 0) is 46.8 Å². The van der Waals surface area contributed by atoms with E-state index in [1.807, 2.05) is 25.3 Å². The second-order valence-electron chi connectivity index (χ2n) is 6.09. The largest absolute Gasteiger partial charge is 0.350 e. The van der Waals surface area contributed by atoms with Gasteiger partial charge in [0.05, 0.1) is 0 Å². The van der Waals surface area contributed by atoms with E-state index in [-0.39, 0.29) is 5.54 Å². The van der Waals surface area contributed by atoms with Gasteiger partial charge in [-0.3, -0.25) is 0 Å². The third kappa shape index (κ3) is 3.95. The summed E-state index contributed by atoms with van der Waals surface area (Å²) in [7, 11) is 0. The van der Waals surface area contributed by atoms with Gasteiger partial charge < -0.3 is 10.6 Å². The van der Waals surface area contributed by atoms with Gasteiger partial charge in [-0.1, -0.05) is 17.7 Å². The average Bonchev–Trinajstić information content (AvgIpc) is 2.34. The zero-order valence-corrected chi connectivity index (χ0v) is 12.8. The summed E-state index contributed by atoms with van der Waals surface area (Å²) in [4.78, 5) is 8.86. The van der Waals surface area contributed by atoms with Crippen LogP contribution in [0.4, 0.5) is 17.5 Å². The highest BCUT2D eigenvalue weighted by Gasteiger charge is 2.12. The molecule has 4 nitrogen and oxygen atoms in total. The van der Waals surface area contributed by atoms with Crippen LogP contribution in [0.15, 0.2) is 30.5 Å². The van der Waals surface area contributed by atoms with Crippen molar-refractivity contribution in [1.29, 1.82) is 0 Å². The van der Waals surface area contributed by atoms with Crippen LogP contribution < -0.4 is 10.6 Å². The number of rotatable bonds is 3. The summed E-state index contributed by atoms with van der Waals surface area (Å²) in [6.45, 7) is 10.3. The summed E-state index contributed by atoms with van der Waals surface area (Å²) in [6.07, 6.45) is 1.83. The Labute approximate surface area is 120 Å². The number of nitrogens with one attached hydrogen (secondary N) is 2. The molecule has 20 heavy (non-hydrogen) atoms. The van der Waals surface area contributed by atoms with Crippen LogP contribution in [-0.2, 0) is 0 Å². The number of hydrogen-bond donors (Lipinski definition) is 2. The van der Waals surface area contributed by atoms with Crippen molar-refractivity contribution in [3.05, 3.63) is 41.6 Å². The first-order valence-corrected chi connectivity index (χ1v) is 6.79. The van der Waals surface area contributed by atoms with Crippen molar-refractivity contribution in [1.82, 2.24) is 9.97 Å². The summed E-state index contributed by atoms with van der Waals surface area (Å²) in [6, 6.07) is 8.25. The van der Waals surface area contributed by atoms with Crippen molar-refractivity contribution in [3.63, 3.8) is 0 Å². The number of aryl methyl sites for hydroxylation is 2. The molecule has 0 spiro atoms. The Hall–Kier alpha value is -2.10. The van der Waals surface area contributed by atoms with Crippen LogP contribution in [0.25, 0.3) is 0 Å². The Balaban J connectivity index is 2.22. The Kier molecular flexibility index (Phi) is 3.93. The SMILES string of the molecule is Cc1ccc(Nc2nc(NC(C)(C)C)ncc2C)cc1. The molecule has 0 unspecified atom stereocenters. The van der Waals surface area contributed by atoms with E-state index < -0.39 is 0 Å². The van der Waals surface area contributed by atoms with Gasteiger partial charge in [-0.25, -0.2) is 4.98 Å². The predicted molar refractivity (Wildman–Crippen MR) is 84.6 cm³/mol. The molecule has 106 valence electrons. The van der Waals surface area contributed by atoms with Gasteiger partial charge in [0, 0.05) is 23.0 Å². The fourth-order valence-corrected chi connectivity index (χ4v) is 1.74. The van der Waals surface area contributed by atoms with E-state index in [1.165, 1.54) is 5.56 Å². The smallest absolute Gasteiger partial charge is 0.225 e. The summed E-state index contributed by atoms with van der Waals surface area (Å²) >= 11 is 0. The molecule has 0 radical (unpaired) electrons. The Bertz CT molecular complexity index is 582. The fourth-order valence-electron chi connectivity index (χ4n) is 1.74. The van der Waals surface area contributed by atoms with Gasteiger partial charge in [0.15, 0.2) is 0 Å². The standard InChI is InChI=1S/C16H22N4/c1-11-6-8-13(9-7-11)18-14-12(2)10-17-15(19-14)20-16(3,4)5/h6-10H,1-5H3,(H2,17,18,19,20). The van der Waals surface area contributed by atoms with Gasteiger partial charge in [0.25, 0.3) is 0 Å². The second-order valence-corrected chi connectivity index (χ2v) is 6.09. The number of nitrogens with zero attached hydrogens (tertiary/aromatic N) is 2. The predicted octanol–water partition coefficient (Wildman–Crippen LogP) is 4.05. The zero-order chi connectivity index (χ0) is 14.8. The van der Waals surface area contributed by atoms with Crippen LogP contribution in [0.5, 0.6) is 0 Å². The molecule has 0 bridgehead atoms. The molecule has 1 aromatic heterocycles. The fraction of sp³-hybridized carbons (Fsp3) is 0.375. The van der Waals surface area contributed by atoms with Crippen LogP contribution in [0.1, 0.15) is 31.9 Å². The number of hydrogen-bond acceptors (Lipinski definition) is 4. The first-order chi connectivity index (χ1) is 9.33. The zero-order valence-electron chi connectivity index (χ0n) is 12.8. The molecule has 1 aromatic carbocycles.